The number of hydrogen-bond donors (Lipinski definition) is 0. The van der Waals surface area contributed by atoms with Crippen molar-refractivity contribution in [3.8, 4) is 0 Å². The van der Waals surface area contributed by atoms with Crippen LogP contribution in [-0.4, -0.2) is 40.5 Å². The number of rotatable bonds is 2. The second kappa shape index (κ2) is 7.55. The maximum Gasteiger partial charge on any atom is 0.429 e. The Kier molecular flexibility index (Phi) is 6.23. The molecule has 1 aromatic carbocycles. The van der Waals surface area contributed by atoms with Crippen LogP contribution in [0.4, 0.5) is 9.59 Å². The zero-order valence-electron chi connectivity index (χ0n) is 15.6. The van der Waals surface area contributed by atoms with E-state index < -0.39 is 23.4 Å². The van der Waals surface area contributed by atoms with Crippen LogP contribution in [0.25, 0.3) is 0 Å². The molecule has 0 aliphatic rings. The zero-order valence-corrected chi connectivity index (χ0v) is 15.6. The van der Waals surface area contributed by atoms with Crippen LogP contribution in [0.3, 0.4) is 0 Å². The minimum atomic E-state index is -0.666. The first-order valence-electron chi connectivity index (χ1n) is 7.90. The van der Waals surface area contributed by atoms with Gasteiger partial charge in [0.2, 0.25) is 0 Å². The van der Waals surface area contributed by atoms with Crippen LogP contribution < -0.4 is 0 Å². The van der Waals surface area contributed by atoms with Crippen LogP contribution in [-0.2, 0) is 16.0 Å². The fourth-order valence-corrected chi connectivity index (χ4v) is 1.79. The van der Waals surface area contributed by atoms with Crippen molar-refractivity contribution in [3.63, 3.8) is 0 Å². The van der Waals surface area contributed by atoms with Crippen LogP contribution in [0.1, 0.15) is 47.1 Å². The number of ether oxygens (including phenoxy) is 2. The summed E-state index contributed by atoms with van der Waals surface area (Å²) in [6.07, 6.45) is -1.23. The van der Waals surface area contributed by atoms with E-state index in [1.54, 1.807) is 41.5 Å². The van der Waals surface area contributed by atoms with Gasteiger partial charge in [0.05, 0.1) is 6.54 Å². The third kappa shape index (κ3) is 6.89. The molecule has 0 unspecified atom stereocenters. The summed E-state index contributed by atoms with van der Waals surface area (Å²) in [4.78, 5) is 24.8. The van der Waals surface area contributed by atoms with E-state index in [2.05, 4.69) is 0 Å². The van der Waals surface area contributed by atoms with Gasteiger partial charge in [-0.2, -0.15) is 0 Å². The molecule has 0 radical (unpaired) electrons. The van der Waals surface area contributed by atoms with Gasteiger partial charge in [0.15, 0.2) is 0 Å². The number of hydrazine groups is 1. The van der Waals surface area contributed by atoms with E-state index >= 15 is 0 Å². The zero-order chi connectivity index (χ0) is 18.5. The molecule has 0 aromatic heterocycles. The highest BCUT2D eigenvalue weighted by molar-refractivity contribution is 5.74. The van der Waals surface area contributed by atoms with Crippen molar-refractivity contribution in [1.82, 2.24) is 10.0 Å². The first-order chi connectivity index (χ1) is 10.9. The van der Waals surface area contributed by atoms with E-state index in [4.69, 9.17) is 9.47 Å². The largest absolute Gasteiger partial charge is 0.442 e. The smallest absolute Gasteiger partial charge is 0.429 e. The summed E-state index contributed by atoms with van der Waals surface area (Å²) < 4.78 is 10.7. The SMILES string of the molecule is CN(C(=O)OC(C)(C)C)N(Cc1ccccc1)C(=O)OC(C)(C)C. The summed E-state index contributed by atoms with van der Waals surface area (Å²) in [6.45, 7) is 10.8. The highest BCUT2D eigenvalue weighted by atomic mass is 16.6. The number of carbonyl (C=O) groups is 2. The van der Waals surface area contributed by atoms with Gasteiger partial charge in [0, 0.05) is 7.05 Å². The first-order valence-corrected chi connectivity index (χ1v) is 7.90. The summed E-state index contributed by atoms with van der Waals surface area (Å²) in [5.41, 5.74) is -0.447. The second-order valence-electron chi connectivity index (χ2n) is 7.53. The quantitative estimate of drug-likeness (QED) is 0.759. The van der Waals surface area contributed by atoms with Gasteiger partial charge in [0.25, 0.3) is 0 Å². The van der Waals surface area contributed by atoms with Crippen LogP contribution >= 0.6 is 0 Å². The molecule has 0 bridgehead atoms. The topological polar surface area (TPSA) is 59.1 Å². The van der Waals surface area contributed by atoms with Crippen LogP contribution in [0.2, 0.25) is 0 Å². The summed E-state index contributed by atoms with van der Waals surface area (Å²) in [5, 5.41) is 2.38. The minimum absolute atomic E-state index is 0.200. The molecule has 1 rings (SSSR count). The third-order valence-electron chi connectivity index (χ3n) is 2.80. The van der Waals surface area contributed by atoms with E-state index in [-0.39, 0.29) is 6.54 Å². The predicted octanol–water partition coefficient (Wildman–Crippen LogP) is 4.21. The fourth-order valence-electron chi connectivity index (χ4n) is 1.79. The van der Waals surface area contributed by atoms with Crippen molar-refractivity contribution in [1.29, 1.82) is 0 Å². The van der Waals surface area contributed by atoms with Gasteiger partial charge in [-0.05, 0) is 47.1 Å². The lowest BCUT2D eigenvalue weighted by Gasteiger charge is -2.34. The summed E-state index contributed by atoms with van der Waals surface area (Å²) in [7, 11) is 1.49. The van der Waals surface area contributed by atoms with Gasteiger partial charge in [0.1, 0.15) is 11.2 Å². The van der Waals surface area contributed by atoms with E-state index in [0.717, 1.165) is 10.6 Å². The number of carbonyl (C=O) groups excluding carboxylic acids is 2. The summed E-state index contributed by atoms with van der Waals surface area (Å²) >= 11 is 0. The maximum atomic E-state index is 12.5. The molecule has 6 nitrogen and oxygen atoms in total. The standard InChI is InChI=1S/C18H28N2O4/c1-17(2,3)23-15(21)19(7)20(16(22)24-18(4,5)6)13-14-11-9-8-10-12-14/h8-12H,13H2,1-7H3. The number of amides is 2. The lowest BCUT2D eigenvalue weighted by atomic mass is 10.2. The summed E-state index contributed by atoms with van der Waals surface area (Å²) in [6, 6.07) is 9.38. The van der Waals surface area contributed by atoms with Gasteiger partial charge in [-0.1, -0.05) is 30.3 Å². The van der Waals surface area contributed by atoms with Crippen molar-refractivity contribution in [3.05, 3.63) is 35.9 Å². The normalized spacial score (nSPS) is 11.6. The Hall–Kier alpha value is -2.24. The minimum Gasteiger partial charge on any atom is -0.442 e. The molecule has 0 saturated heterocycles. The Bertz CT molecular complexity index is 559. The number of hydrogen-bond acceptors (Lipinski definition) is 4. The van der Waals surface area contributed by atoms with Gasteiger partial charge in [-0.25, -0.2) is 19.6 Å². The van der Waals surface area contributed by atoms with Crippen LogP contribution in [0.5, 0.6) is 0 Å². The van der Waals surface area contributed by atoms with Crippen molar-refractivity contribution in [2.24, 2.45) is 0 Å². The molecule has 1 aromatic rings. The fraction of sp³-hybridized carbons (Fsp3) is 0.556. The molecule has 0 aliphatic carbocycles. The molecule has 24 heavy (non-hydrogen) atoms. The van der Waals surface area contributed by atoms with Crippen molar-refractivity contribution in [2.45, 2.75) is 59.3 Å². The number of benzene rings is 1. The van der Waals surface area contributed by atoms with E-state index in [0.29, 0.717) is 0 Å². The highest BCUT2D eigenvalue weighted by Gasteiger charge is 2.30. The summed E-state index contributed by atoms with van der Waals surface area (Å²) in [5.74, 6) is 0. The Morgan fingerprint density at radius 3 is 1.79 bits per heavy atom. The molecule has 0 atom stereocenters. The lowest BCUT2D eigenvalue weighted by Crippen LogP contribution is -2.50. The Balaban J connectivity index is 2.99. The van der Waals surface area contributed by atoms with Crippen molar-refractivity contribution < 1.29 is 19.1 Å². The Labute approximate surface area is 144 Å². The van der Waals surface area contributed by atoms with Gasteiger partial charge in [-0.3, -0.25) is 0 Å². The molecule has 6 heteroatoms. The van der Waals surface area contributed by atoms with E-state index in [9.17, 15) is 9.59 Å². The molecule has 0 spiro atoms. The van der Waals surface area contributed by atoms with Gasteiger partial charge >= 0.3 is 12.2 Å². The van der Waals surface area contributed by atoms with Crippen LogP contribution in [0, 0.1) is 0 Å². The van der Waals surface area contributed by atoms with Crippen molar-refractivity contribution >= 4 is 12.2 Å². The molecular weight excluding hydrogens is 308 g/mol. The lowest BCUT2D eigenvalue weighted by molar-refractivity contribution is -0.0560. The third-order valence-corrected chi connectivity index (χ3v) is 2.80. The molecule has 0 fully saturated rings. The van der Waals surface area contributed by atoms with Crippen LogP contribution in [0.15, 0.2) is 30.3 Å². The average molecular weight is 336 g/mol. The molecule has 2 amide bonds. The first kappa shape index (κ1) is 19.8. The van der Waals surface area contributed by atoms with E-state index in [1.807, 2.05) is 30.3 Å². The Morgan fingerprint density at radius 1 is 0.875 bits per heavy atom. The highest BCUT2D eigenvalue weighted by Crippen LogP contribution is 2.16. The van der Waals surface area contributed by atoms with E-state index in [1.165, 1.54) is 12.1 Å². The van der Waals surface area contributed by atoms with Crippen molar-refractivity contribution in [2.75, 3.05) is 7.05 Å². The molecule has 0 saturated carbocycles. The Morgan fingerprint density at radius 2 is 1.33 bits per heavy atom. The molecule has 134 valence electrons. The molecule has 0 heterocycles. The average Bonchev–Trinajstić information content (AvgIpc) is 2.41. The maximum absolute atomic E-state index is 12.5. The molecule has 0 N–H and O–H groups in total. The van der Waals surface area contributed by atoms with Gasteiger partial charge in [-0.15, -0.1) is 0 Å². The molecule has 0 aliphatic heterocycles. The molecular formula is C18H28N2O4. The number of nitrogens with zero attached hydrogens (tertiary/aromatic N) is 2. The second-order valence-corrected chi connectivity index (χ2v) is 7.53. The monoisotopic (exact) mass is 336 g/mol. The van der Waals surface area contributed by atoms with Gasteiger partial charge < -0.3 is 9.47 Å². The predicted molar refractivity (Wildman–Crippen MR) is 92.2 cm³/mol.